The summed E-state index contributed by atoms with van der Waals surface area (Å²) in [6.07, 6.45) is 0.153. The lowest BCUT2D eigenvalue weighted by atomic mass is 10.0. The lowest BCUT2D eigenvalue weighted by Gasteiger charge is -2.22. The predicted molar refractivity (Wildman–Crippen MR) is 99.8 cm³/mol. The normalized spacial score (nSPS) is 12.7. The molecule has 0 radical (unpaired) electrons. The molecule has 0 heterocycles. The van der Waals surface area contributed by atoms with Crippen LogP contribution in [0.25, 0.3) is 0 Å². The molecule has 0 saturated heterocycles. The number of halogens is 2. The molecule has 2 rings (SSSR count). The Morgan fingerprint density at radius 1 is 1.07 bits per heavy atom. The van der Waals surface area contributed by atoms with Crippen molar-refractivity contribution in [3.8, 4) is 5.75 Å². The van der Waals surface area contributed by atoms with Gasteiger partial charge in [-0.05, 0) is 37.5 Å². The topological polar surface area (TPSA) is 64.6 Å². The van der Waals surface area contributed by atoms with Crippen LogP contribution >= 0.6 is 0 Å². The number of hydrogen-bond donors (Lipinski definition) is 1. The van der Waals surface area contributed by atoms with E-state index in [2.05, 4.69) is 10.1 Å². The molecule has 0 aliphatic carbocycles. The maximum Gasteiger partial charge on any atom is 0.305 e. The van der Waals surface area contributed by atoms with Gasteiger partial charge in [-0.15, -0.1) is 0 Å². The largest absolute Gasteiger partial charge is 0.481 e. The zero-order valence-corrected chi connectivity index (χ0v) is 15.8. The van der Waals surface area contributed by atoms with Crippen LogP contribution in [0.15, 0.2) is 48.5 Å². The molecule has 0 unspecified atom stereocenters. The summed E-state index contributed by atoms with van der Waals surface area (Å²) in [7, 11) is 1.31. The Bertz CT molecular complexity index is 798. The van der Waals surface area contributed by atoms with Crippen molar-refractivity contribution in [2.45, 2.75) is 38.3 Å². The number of nitrogens with one attached hydrogen (secondary N) is 1. The molecule has 2 aromatic carbocycles. The first-order chi connectivity index (χ1) is 13.4. The molecule has 2 aromatic rings. The second kappa shape index (κ2) is 10.4. The fourth-order valence-electron chi connectivity index (χ4n) is 2.64. The molecule has 150 valence electrons. The first kappa shape index (κ1) is 21.3. The summed E-state index contributed by atoms with van der Waals surface area (Å²) >= 11 is 0. The fourth-order valence-corrected chi connectivity index (χ4v) is 2.64. The standard InChI is InChI=1S/C21H23F2NO4/c1-14(28-17-9-10-18(22)19(23)13-17)21(26)24-16(8-11-20(25)27-2)12-15-6-4-3-5-7-15/h3-7,9-10,13-14,16H,8,11-12H2,1-2H3,(H,24,26)/t14-,16+/m0/s1. The Morgan fingerprint density at radius 2 is 1.79 bits per heavy atom. The maximum atomic E-state index is 13.3. The number of esters is 1. The SMILES string of the molecule is COC(=O)CC[C@H](Cc1ccccc1)NC(=O)[C@H](C)Oc1ccc(F)c(F)c1. The van der Waals surface area contributed by atoms with Crippen LogP contribution in [0.4, 0.5) is 8.78 Å². The predicted octanol–water partition coefficient (Wildman–Crippen LogP) is 3.41. The lowest BCUT2D eigenvalue weighted by molar-refractivity contribution is -0.141. The van der Waals surface area contributed by atoms with Crippen LogP contribution in [0.5, 0.6) is 5.75 Å². The molecule has 5 nitrogen and oxygen atoms in total. The molecular weight excluding hydrogens is 368 g/mol. The number of ether oxygens (including phenoxy) is 2. The van der Waals surface area contributed by atoms with Crippen LogP contribution in [-0.2, 0) is 20.7 Å². The number of hydrogen-bond acceptors (Lipinski definition) is 4. The summed E-state index contributed by atoms with van der Waals surface area (Å²) in [5.41, 5.74) is 1.01. The van der Waals surface area contributed by atoms with E-state index in [1.54, 1.807) is 0 Å². The Labute approximate surface area is 162 Å². The first-order valence-electron chi connectivity index (χ1n) is 8.92. The highest BCUT2D eigenvalue weighted by atomic mass is 19.2. The molecule has 0 aliphatic rings. The summed E-state index contributed by atoms with van der Waals surface area (Å²) in [4.78, 5) is 24.0. The first-order valence-corrected chi connectivity index (χ1v) is 8.92. The van der Waals surface area contributed by atoms with E-state index in [1.165, 1.54) is 20.1 Å². The molecule has 2 atom stereocenters. The molecule has 1 N–H and O–H groups in total. The Hall–Kier alpha value is -2.96. The minimum Gasteiger partial charge on any atom is -0.481 e. The van der Waals surface area contributed by atoms with Gasteiger partial charge in [-0.2, -0.15) is 0 Å². The summed E-state index contributed by atoms with van der Waals surface area (Å²) in [5.74, 6) is -2.77. The van der Waals surface area contributed by atoms with E-state index in [1.807, 2.05) is 30.3 Å². The van der Waals surface area contributed by atoms with Gasteiger partial charge < -0.3 is 14.8 Å². The van der Waals surface area contributed by atoms with E-state index in [4.69, 9.17) is 4.74 Å². The van der Waals surface area contributed by atoms with Gasteiger partial charge in [-0.25, -0.2) is 8.78 Å². The van der Waals surface area contributed by atoms with Crippen LogP contribution in [0.1, 0.15) is 25.3 Å². The zero-order valence-electron chi connectivity index (χ0n) is 15.8. The second-order valence-corrected chi connectivity index (χ2v) is 6.35. The number of amides is 1. The van der Waals surface area contributed by atoms with E-state index >= 15 is 0 Å². The van der Waals surface area contributed by atoms with E-state index in [0.29, 0.717) is 12.8 Å². The average Bonchev–Trinajstić information content (AvgIpc) is 2.69. The third kappa shape index (κ3) is 6.64. The minimum absolute atomic E-state index is 0.0516. The molecular formula is C21H23F2NO4. The van der Waals surface area contributed by atoms with Crippen molar-refractivity contribution in [2.75, 3.05) is 7.11 Å². The highest BCUT2D eigenvalue weighted by Gasteiger charge is 2.21. The summed E-state index contributed by atoms with van der Waals surface area (Å²) in [5, 5.41) is 2.85. The lowest BCUT2D eigenvalue weighted by Crippen LogP contribution is -2.43. The van der Waals surface area contributed by atoms with Gasteiger partial charge in [0.25, 0.3) is 5.91 Å². The number of carbonyl (C=O) groups excluding carboxylic acids is 2. The van der Waals surface area contributed by atoms with E-state index in [0.717, 1.165) is 17.7 Å². The van der Waals surface area contributed by atoms with E-state index in [9.17, 15) is 18.4 Å². The zero-order chi connectivity index (χ0) is 20.5. The van der Waals surface area contributed by atoms with Gasteiger partial charge in [-0.3, -0.25) is 9.59 Å². The van der Waals surface area contributed by atoms with Crippen LogP contribution in [0.3, 0.4) is 0 Å². The molecule has 0 bridgehead atoms. The van der Waals surface area contributed by atoms with Crippen LogP contribution in [-0.4, -0.2) is 31.1 Å². The van der Waals surface area contributed by atoms with Crippen LogP contribution < -0.4 is 10.1 Å². The van der Waals surface area contributed by atoms with Gasteiger partial charge in [-0.1, -0.05) is 30.3 Å². The van der Waals surface area contributed by atoms with Gasteiger partial charge in [0, 0.05) is 18.5 Å². The number of benzene rings is 2. The van der Waals surface area contributed by atoms with Crippen molar-refractivity contribution in [3.05, 3.63) is 65.7 Å². The molecule has 0 saturated carbocycles. The molecule has 0 aliphatic heterocycles. The smallest absolute Gasteiger partial charge is 0.305 e. The number of rotatable bonds is 9. The molecule has 1 amide bonds. The Balaban J connectivity index is 2.00. The van der Waals surface area contributed by atoms with Crippen molar-refractivity contribution in [3.63, 3.8) is 0 Å². The van der Waals surface area contributed by atoms with Gasteiger partial charge in [0.15, 0.2) is 17.7 Å². The van der Waals surface area contributed by atoms with E-state index in [-0.39, 0.29) is 24.2 Å². The highest BCUT2D eigenvalue weighted by Crippen LogP contribution is 2.17. The highest BCUT2D eigenvalue weighted by molar-refractivity contribution is 5.81. The van der Waals surface area contributed by atoms with Crippen molar-refractivity contribution in [2.24, 2.45) is 0 Å². The van der Waals surface area contributed by atoms with Crippen molar-refractivity contribution < 1.29 is 27.8 Å². The average molecular weight is 391 g/mol. The number of carbonyl (C=O) groups is 2. The third-order valence-electron chi connectivity index (χ3n) is 4.17. The summed E-state index contributed by atoms with van der Waals surface area (Å²) in [6.45, 7) is 1.51. The molecule has 0 aromatic heterocycles. The van der Waals surface area contributed by atoms with Gasteiger partial charge in [0.2, 0.25) is 0 Å². The second-order valence-electron chi connectivity index (χ2n) is 6.35. The van der Waals surface area contributed by atoms with E-state index < -0.39 is 23.6 Å². The van der Waals surface area contributed by atoms with Gasteiger partial charge >= 0.3 is 5.97 Å². The summed E-state index contributed by atoms with van der Waals surface area (Å²) < 4.78 is 36.4. The fraction of sp³-hybridized carbons (Fsp3) is 0.333. The minimum atomic E-state index is -1.05. The summed E-state index contributed by atoms with van der Waals surface area (Å²) in [6, 6.07) is 12.3. The molecule has 28 heavy (non-hydrogen) atoms. The van der Waals surface area contributed by atoms with Gasteiger partial charge in [0.05, 0.1) is 7.11 Å². The van der Waals surface area contributed by atoms with Crippen LogP contribution in [0.2, 0.25) is 0 Å². The quantitative estimate of drug-likeness (QED) is 0.666. The monoisotopic (exact) mass is 391 g/mol. The van der Waals surface area contributed by atoms with Crippen molar-refractivity contribution in [1.29, 1.82) is 0 Å². The van der Waals surface area contributed by atoms with Crippen LogP contribution in [0, 0.1) is 11.6 Å². The van der Waals surface area contributed by atoms with Crippen molar-refractivity contribution in [1.82, 2.24) is 5.32 Å². The Morgan fingerprint density at radius 3 is 2.43 bits per heavy atom. The third-order valence-corrected chi connectivity index (χ3v) is 4.17. The molecule has 7 heteroatoms. The number of methoxy groups -OCH3 is 1. The van der Waals surface area contributed by atoms with Crippen molar-refractivity contribution >= 4 is 11.9 Å². The molecule has 0 fully saturated rings. The Kier molecular flexibility index (Phi) is 7.92. The molecule has 0 spiro atoms. The van der Waals surface area contributed by atoms with Gasteiger partial charge in [0.1, 0.15) is 5.75 Å². The maximum absolute atomic E-state index is 13.3.